The first kappa shape index (κ1) is 21.9. The van der Waals surface area contributed by atoms with Crippen LogP contribution in [0.4, 0.5) is 5.69 Å². The van der Waals surface area contributed by atoms with Crippen molar-refractivity contribution in [2.45, 2.75) is 20.0 Å². The number of hydrogen-bond acceptors (Lipinski definition) is 6. The summed E-state index contributed by atoms with van der Waals surface area (Å²) in [5.74, 6) is 0. The summed E-state index contributed by atoms with van der Waals surface area (Å²) in [5.41, 5.74) is 1.69. The van der Waals surface area contributed by atoms with Crippen molar-refractivity contribution in [1.82, 2.24) is 4.72 Å². The Morgan fingerprint density at radius 3 is 2.46 bits per heavy atom. The molecule has 0 saturated carbocycles. The van der Waals surface area contributed by atoms with Crippen LogP contribution in [0.15, 0.2) is 41.3 Å². The highest BCUT2D eigenvalue weighted by Gasteiger charge is 2.18. The maximum atomic E-state index is 12.2. The molecule has 1 unspecified atom stereocenters. The zero-order valence-electron chi connectivity index (χ0n) is 16.0. The highest BCUT2D eigenvalue weighted by Crippen LogP contribution is 2.24. The molecule has 2 aromatic rings. The summed E-state index contributed by atoms with van der Waals surface area (Å²) >= 11 is 0. The Morgan fingerprint density at radius 1 is 1.21 bits per heavy atom. The van der Waals surface area contributed by atoms with Crippen LogP contribution in [-0.2, 0) is 10.0 Å². The molecule has 0 heterocycles. The van der Waals surface area contributed by atoms with Gasteiger partial charge in [-0.15, -0.1) is 0 Å². The van der Waals surface area contributed by atoms with Gasteiger partial charge in [-0.3, -0.25) is 0 Å². The molecule has 150 valence electrons. The van der Waals surface area contributed by atoms with Gasteiger partial charge in [0.05, 0.1) is 12.7 Å². The standard InChI is InChI=1S/C20H25N3O4S/c1-3-23(4-2)18-8-7-16-9-15(5-6-17(16)11-18)10-20(12-21)28(26,27)22-13-19(25)14-24/h5-11,19,22,24-25H,3-4,13-14H2,1-2H3/b20-10+. The quantitative estimate of drug-likeness (QED) is 0.551. The molecular formula is C20H25N3O4S. The zero-order chi connectivity index (χ0) is 20.7. The fourth-order valence-corrected chi connectivity index (χ4v) is 3.78. The molecule has 3 N–H and O–H groups in total. The van der Waals surface area contributed by atoms with Gasteiger partial charge in [0, 0.05) is 25.3 Å². The number of allylic oxidation sites excluding steroid dienone is 1. The molecule has 0 bridgehead atoms. The van der Waals surface area contributed by atoms with Gasteiger partial charge >= 0.3 is 0 Å². The number of benzene rings is 2. The van der Waals surface area contributed by atoms with E-state index < -0.39 is 27.6 Å². The molecule has 0 fully saturated rings. The summed E-state index contributed by atoms with van der Waals surface area (Å²) in [6.07, 6.45) is 0.0566. The minimum atomic E-state index is -4.08. The van der Waals surface area contributed by atoms with Gasteiger partial charge in [0.15, 0.2) is 4.91 Å². The van der Waals surface area contributed by atoms with Gasteiger partial charge < -0.3 is 15.1 Å². The number of nitrogens with one attached hydrogen (secondary N) is 1. The molecule has 0 aliphatic rings. The maximum absolute atomic E-state index is 12.2. The van der Waals surface area contributed by atoms with Crippen LogP contribution in [0.1, 0.15) is 19.4 Å². The molecule has 0 aliphatic heterocycles. The number of nitriles is 1. The Bertz CT molecular complexity index is 992. The predicted molar refractivity (Wildman–Crippen MR) is 111 cm³/mol. The summed E-state index contributed by atoms with van der Waals surface area (Å²) in [4.78, 5) is 1.77. The van der Waals surface area contributed by atoms with E-state index in [0.717, 1.165) is 29.5 Å². The third-order valence-electron chi connectivity index (χ3n) is 4.39. The number of anilines is 1. The topological polar surface area (TPSA) is 114 Å². The lowest BCUT2D eigenvalue weighted by molar-refractivity contribution is 0.0989. The summed E-state index contributed by atoms with van der Waals surface area (Å²) in [7, 11) is -4.08. The Kier molecular flexibility index (Phi) is 7.54. The van der Waals surface area contributed by atoms with E-state index in [9.17, 15) is 18.8 Å². The second kappa shape index (κ2) is 9.66. The molecule has 1 atom stereocenters. The van der Waals surface area contributed by atoms with E-state index >= 15 is 0 Å². The van der Waals surface area contributed by atoms with Crippen LogP contribution in [-0.4, -0.2) is 51.0 Å². The van der Waals surface area contributed by atoms with Crippen LogP contribution in [0, 0.1) is 11.3 Å². The molecule has 2 aromatic carbocycles. The fourth-order valence-electron chi connectivity index (χ4n) is 2.80. The van der Waals surface area contributed by atoms with Crippen molar-refractivity contribution >= 4 is 32.6 Å². The molecule has 2 rings (SSSR count). The summed E-state index contributed by atoms with van der Waals surface area (Å²) in [5, 5.41) is 29.3. The van der Waals surface area contributed by atoms with Crippen molar-refractivity contribution in [2.75, 3.05) is 31.1 Å². The Labute approximate surface area is 165 Å². The number of rotatable bonds is 9. The first-order valence-corrected chi connectivity index (χ1v) is 10.5. The molecular weight excluding hydrogens is 378 g/mol. The van der Waals surface area contributed by atoms with Crippen LogP contribution in [0.25, 0.3) is 16.8 Å². The first-order chi connectivity index (χ1) is 13.3. The van der Waals surface area contributed by atoms with E-state index in [4.69, 9.17) is 5.11 Å². The Hall–Kier alpha value is -2.44. The van der Waals surface area contributed by atoms with Gasteiger partial charge in [0.1, 0.15) is 6.07 Å². The minimum Gasteiger partial charge on any atom is -0.394 e. The second-order valence-corrected chi connectivity index (χ2v) is 8.01. The number of nitrogens with zero attached hydrogens (tertiary/aromatic N) is 2. The number of hydrogen-bond donors (Lipinski definition) is 3. The van der Waals surface area contributed by atoms with Crippen molar-refractivity contribution in [2.24, 2.45) is 0 Å². The molecule has 0 amide bonds. The van der Waals surface area contributed by atoms with Crippen molar-refractivity contribution in [3.05, 3.63) is 46.9 Å². The van der Waals surface area contributed by atoms with Crippen molar-refractivity contribution in [3.8, 4) is 6.07 Å². The van der Waals surface area contributed by atoms with Gasteiger partial charge in [0.25, 0.3) is 10.0 Å². The van der Waals surface area contributed by atoms with Gasteiger partial charge in [-0.2, -0.15) is 5.26 Å². The third-order valence-corrected chi connectivity index (χ3v) is 5.73. The van der Waals surface area contributed by atoms with Crippen molar-refractivity contribution in [1.29, 1.82) is 5.26 Å². The maximum Gasteiger partial charge on any atom is 0.250 e. The average molecular weight is 404 g/mol. The average Bonchev–Trinajstić information content (AvgIpc) is 2.70. The number of sulfonamides is 1. The highest BCUT2D eigenvalue weighted by atomic mass is 32.2. The minimum absolute atomic E-state index is 0.371. The molecule has 7 nitrogen and oxygen atoms in total. The summed E-state index contributed by atoms with van der Waals surface area (Å²) < 4.78 is 26.6. The van der Waals surface area contributed by atoms with Gasteiger partial charge in [0.2, 0.25) is 0 Å². The van der Waals surface area contributed by atoms with E-state index in [-0.39, 0.29) is 6.54 Å². The highest BCUT2D eigenvalue weighted by molar-refractivity contribution is 7.93. The monoisotopic (exact) mass is 403 g/mol. The second-order valence-electron chi connectivity index (χ2n) is 6.27. The normalized spacial score (nSPS) is 13.3. The van der Waals surface area contributed by atoms with E-state index in [0.29, 0.717) is 5.56 Å². The van der Waals surface area contributed by atoms with E-state index in [1.165, 1.54) is 6.08 Å². The van der Waals surface area contributed by atoms with Crippen molar-refractivity contribution in [3.63, 3.8) is 0 Å². The van der Waals surface area contributed by atoms with Crippen molar-refractivity contribution < 1.29 is 18.6 Å². The molecule has 0 aliphatic carbocycles. The van der Waals surface area contributed by atoms with Gasteiger partial charge in [-0.1, -0.05) is 18.2 Å². The van der Waals surface area contributed by atoms with Crippen LogP contribution in [0.3, 0.4) is 0 Å². The molecule has 28 heavy (non-hydrogen) atoms. The lowest BCUT2D eigenvalue weighted by Crippen LogP contribution is -2.34. The summed E-state index contributed by atoms with van der Waals surface area (Å²) in [6, 6.07) is 13.2. The number of aliphatic hydroxyl groups excluding tert-OH is 2. The van der Waals surface area contributed by atoms with Crippen LogP contribution in [0.5, 0.6) is 0 Å². The van der Waals surface area contributed by atoms with Crippen LogP contribution >= 0.6 is 0 Å². The largest absolute Gasteiger partial charge is 0.394 e. The van der Waals surface area contributed by atoms with Gasteiger partial charge in [-0.05, 0) is 54.5 Å². The lowest BCUT2D eigenvalue weighted by Gasteiger charge is -2.21. The predicted octanol–water partition coefficient (Wildman–Crippen LogP) is 1.82. The zero-order valence-corrected chi connectivity index (χ0v) is 16.8. The molecule has 0 aromatic heterocycles. The number of aliphatic hydroxyl groups is 2. The molecule has 8 heteroatoms. The van der Waals surface area contributed by atoms with E-state index in [1.807, 2.05) is 24.3 Å². The van der Waals surface area contributed by atoms with Gasteiger partial charge in [-0.25, -0.2) is 13.1 Å². The molecule has 0 saturated heterocycles. The Balaban J connectivity index is 2.33. The van der Waals surface area contributed by atoms with E-state index in [2.05, 4.69) is 29.5 Å². The fraction of sp³-hybridized carbons (Fsp3) is 0.350. The summed E-state index contributed by atoms with van der Waals surface area (Å²) in [6.45, 7) is 5.06. The van der Waals surface area contributed by atoms with E-state index in [1.54, 1.807) is 12.1 Å². The lowest BCUT2D eigenvalue weighted by atomic mass is 10.1. The molecule has 0 spiro atoms. The smallest absolute Gasteiger partial charge is 0.250 e. The Morgan fingerprint density at radius 2 is 1.86 bits per heavy atom. The number of fused-ring (bicyclic) bond motifs is 1. The first-order valence-electron chi connectivity index (χ1n) is 9.03. The van der Waals surface area contributed by atoms with Crippen LogP contribution in [0.2, 0.25) is 0 Å². The third kappa shape index (κ3) is 5.30. The van der Waals surface area contributed by atoms with Crippen LogP contribution < -0.4 is 9.62 Å². The SMILES string of the molecule is CCN(CC)c1ccc2cc(/C=C(\C#N)S(=O)(=O)NCC(O)CO)ccc2c1. The molecule has 0 radical (unpaired) electrons.